The zero-order valence-corrected chi connectivity index (χ0v) is 21.7. The van der Waals surface area contributed by atoms with Crippen molar-refractivity contribution in [3.05, 3.63) is 103 Å². The molecular formula is C29H38BrOP. The van der Waals surface area contributed by atoms with Crippen molar-refractivity contribution < 1.29 is 5.11 Å². The predicted octanol–water partition coefficient (Wildman–Crippen LogP) is 6.92. The monoisotopic (exact) mass is 512 g/mol. The number of aliphatic hydroxyl groups is 1. The number of benzene rings is 3. The number of halogens is 1. The van der Waals surface area contributed by atoms with Crippen molar-refractivity contribution in [1.29, 1.82) is 0 Å². The fourth-order valence-electron chi connectivity index (χ4n) is 4.41. The molecule has 1 nitrogen and oxygen atoms in total. The van der Waals surface area contributed by atoms with E-state index in [-0.39, 0.29) is 17.0 Å². The maximum atomic E-state index is 8.87. The number of rotatable bonds is 13. The van der Waals surface area contributed by atoms with Crippen LogP contribution in [0.5, 0.6) is 0 Å². The first-order chi connectivity index (χ1) is 15.4. The van der Waals surface area contributed by atoms with E-state index in [1.54, 1.807) is 0 Å². The summed E-state index contributed by atoms with van der Waals surface area (Å²) in [7, 11) is -2.22. The summed E-state index contributed by atoms with van der Waals surface area (Å²) in [6.45, 7) is 0.334. The molecule has 0 unspecified atom stereocenters. The van der Waals surface area contributed by atoms with Crippen LogP contribution in [0, 0.1) is 0 Å². The molecule has 32 heavy (non-hydrogen) atoms. The minimum atomic E-state index is -2.22. The summed E-state index contributed by atoms with van der Waals surface area (Å²) >= 11 is 0. The predicted molar refractivity (Wildman–Crippen MR) is 150 cm³/mol. The molecule has 0 atom stereocenters. The third kappa shape index (κ3) is 7.41. The molecule has 3 rings (SSSR count). The normalized spacial score (nSPS) is 11.9. The molecule has 0 bridgehead atoms. The van der Waals surface area contributed by atoms with Gasteiger partial charge in [0.1, 0.15) is 0 Å². The van der Waals surface area contributed by atoms with Gasteiger partial charge in [-0.1, -0.05) is 0 Å². The fourth-order valence-corrected chi connectivity index (χ4v) is 8.66. The van der Waals surface area contributed by atoms with Crippen LogP contribution < -0.4 is 15.9 Å². The molecule has 0 radical (unpaired) electrons. The Bertz CT molecular complexity index is 784. The molecule has 0 heterocycles. The Labute approximate surface area is 205 Å². The standard InChI is InChI=1S/C29H37OP.BrH/c30-25-17-6-4-2-1-3-5-7-18-26-31(27-19-11-8-12-20-27,28-21-13-9-14-22-28)29-23-15-10-16-24-29;/h8-16,18-24,26,30-31H,1-7,17,25H2;1H. The van der Waals surface area contributed by atoms with Gasteiger partial charge in [0.15, 0.2) is 0 Å². The van der Waals surface area contributed by atoms with Crippen LogP contribution in [0.3, 0.4) is 0 Å². The van der Waals surface area contributed by atoms with E-state index in [0.717, 1.165) is 19.3 Å². The number of unbranched alkanes of at least 4 members (excludes halogenated alkanes) is 7. The van der Waals surface area contributed by atoms with E-state index in [4.69, 9.17) is 5.11 Å². The SMILES string of the molecule is Br.OCCCCCCCCCC=C[PH](c1ccccc1)(c1ccccc1)c1ccccc1. The summed E-state index contributed by atoms with van der Waals surface area (Å²) in [5.41, 5.74) is 0. The number of allylic oxidation sites excluding steroid dienone is 1. The molecule has 0 fully saturated rings. The molecule has 0 spiro atoms. The molecule has 3 aromatic rings. The first-order valence-corrected chi connectivity index (χ1v) is 13.9. The summed E-state index contributed by atoms with van der Waals surface area (Å²) in [6.07, 6.45) is 12.1. The van der Waals surface area contributed by atoms with Gasteiger partial charge in [0.2, 0.25) is 0 Å². The van der Waals surface area contributed by atoms with E-state index < -0.39 is 7.26 Å². The molecule has 0 aliphatic carbocycles. The van der Waals surface area contributed by atoms with Crippen LogP contribution in [0.4, 0.5) is 0 Å². The Morgan fingerprint density at radius 2 is 0.906 bits per heavy atom. The number of hydrogen-bond acceptors (Lipinski definition) is 1. The van der Waals surface area contributed by atoms with Gasteiger partial charge < -0.3 is 0 Å². The van der Waals surface area contributed by atoms with Crippen molar-refractivity contribution in [1.82, 2.24) is 0 Å². The van der Waals surface area contributed by atoms with Crippen molar-refractivity contribution in [3.63, 3.8) is 0 Å². The Balaban J connectivity index is 0.00000363. The van der Waals surface area contributed by atoms with Gasteiger partial charge in [-0.25, -0.2) is 0 Å². The van der Waals surface area contributed by atoms with Crippen LogP contribution >= 0.6 is 24.2 Å². The van der Waals surface area contributed by atoms with Gasteiger partial charge >= 0.3 is 189 Å². The zero-order valence-electron chi connectivity index (χ0n) is 19.0. The Morgan fingerprint density at radius 3 is 1.31 bits per heavy atom. The van der Waals surface area contributed by atoms with Crippen molar-refractivity contribution in [3.8, 4) is 0 Å². The molecule has 0 aromatic heterocycles. The molecular weight excluding hydrogens is 475 g/mol. The molecule has 172 valence electrons. The fraction of sp³-hybridized carbons (Fsp3) is 0.310. The molecule has 0 aliphatic rings. The second-order valence-electron chi connectivity index (χ2n) is 8.30. The van der Waals surface area contributed by atoms with Crippen LogP contribution in [0.1, 0.15) is 51.4 Å². The van der Waals surface area contributed by atoms with Crippen molar-refractivity contribution in [2.45, 2.75) is 51.4 Å². The molecule has 0 saturated heterocycles. The minimum absolute atomic E-state index is 0. The van der Waals surface area contributed by atoms with E-state index in [1.165, 1.54) is 48.0 Å². The van der Waals surface area contributed by atoms with E-state index in [0.29, 0.717) is 6.61 Å². The van der Waals surface area contributed by atoms with Crippen LogP contribution in [-0.2, 0) is 0 Å². The third-order valence-corrected chi connectivity index (χ3v) is 10.6. The summed E-state index contributed by atoms with van der Waals surface area (Å²) in [5, 5.41) is 13.2. The van der Waals surface area contributed by atoms with Crippen LogP contribution in [0.15, 0.2) is 103 Å². The molecule has 0 amide bonds. The van der Waals surface area contributed by atoms with Crippen LogP contribution in [-0.4, -0.2) is 11.7 Å². The molecule has 0 aliphatic heterocycles. The summed E-state index contributed by atoms with van der Waals surface area (Å²) < 4.78 is 0. The average molecular weight is 514 g/mol. The first kappa shape index (κ1) is 26.5. The Hall–Kier alpha value is -1.73. The second kappa shape index (κ2) is 15.2. The molecule has 3 aromatic carbocycles. The first-order valence-electron chi connectivity index (χ1n) is 11.8. The van der Waals surface area contributed by atoms with E-state index in [9.17, 15) is 0 Å². The number of hydrogen-bond donors (Lipinski definition) is 1. The van der Waals surface area contributed by atoms with Crippen molar-refractivity contribution in [2.75, 3.05) is 6.61 Å². The van der Waals surface area contributed by atoms with Crippen LogP contribution in [0.25, 0.3) is 0 Å². The van der Waals surface area contributed by atoms with Crippen molar-refractivity contribution in [2.24, 2.45) is 0 Å². The molecule has 1 N–H and O–H groups in total. The van der Waals surface area contributed by atoms with Gasteiger partial charge in [-0.15, -0.1) is 17.0 Å². The van der Waals surface area contributed by atoms with E-state index in [2.05, 4.69) is 103 Å². The van der Waals surface area contributed by atoms with Gasteiger partial charge in [-0.05, 0) is 0 Å². The van der Waals surface area contributed by atoms with Gasteiger partial charge in [-0.3, -0.25) is 0 Å². The second-order valence-corrected chi connectivity index (χ2v) is 12.0. The van der Waals surface area contributed by atoms with E-state index in [1.807, 2.05) is 0 Å². The topological polar surface area (TPSA) is 20.2 Å². The van der Waals surface area contributed by atoms with Crippen molar-refractivity contribution >= 4 is 40.2 Å². The average Bonchev–Trinajstić information content (AvgIpc) is 2.84. The Kier molecular flexibility index (Phi) is 12.6. The van der Waals surface area contributed by atoms with Gasteiger partial charge in [-0.2, -0.15) is 0 Å². The van der Waals surface area contributed by atoms with E-state index >= 15 is 0 Å². The zero-order chi connectivity index (χ0) is 21.6. The Morgan fingerprint density at radius 1 is 0.531 bits per heavy atom. The number of aliphatic hydroxyl groups excluding tert-OH is 1. The van der Waals surface area contributed by atoms with Crippen LogP contribution in [0.2, 0.25) is 0 Å². The quantitative estimate of drug-likeness (QED) is 0.194. The third-order valence-electron chi connectivity index (χ3n) is 6.08. The van der Waals surface area contributed by atoms with Gasteiger partial charge in [0, 0.05) is 0 Å². The molecule has 3 heteroatoms. The molecule has 0 saturated carbocycles. The van der Waals surface area contributed by atoms with Gasteiger partial charge in [0.25, 0.3) is 0 Å². The summed E-state index contributed by atoms with van der Waals surface area (Å²) in [6, 6.07) is 33.2. The van der Waals surface area contributed by atoms with Gasteiger partial charge in [0.05, 0.1) is 0 Å². The summed E-state index contributed by atoms with van der Waals surface area (Å²) in [5.74, 6) is 2.56. The summed E-state index contributed by atoms with van der Waals surface area (Å²) in [4.78, 5) is 0. The maximum absolute atomic E-state index is 8.87.